The first kappa shape index (κ1) is 16.5. The molecule has 1 aromatic carbocycles. The Labute approximate surface area is 130 Å². The standard InChI is InChI=1S/C18H31N3/c1-4-19-11-10-17-6-8-18(9-7-17)15-21-13-5-12-20(3)14-16(21)2/h6-9,16,19H,4-5,10-15H2,1-3H3. The van der Waals surface area contributed by atoms with Gasteiger partial charge in [-0.05, 0) is 57.6 Å². The van der Waals surface area contributed by atoms with E-state index in [1.54, 1.807) is 0 Å². The molecule has 1 aliphatic rings. The minimum atomic E-state index is 0.644. The van der Waals surface area contributed by atoms with Crippen LogP contribution in [0.1, 0.15) is 31.4 Å². The summed E-state index contributed by atoms with van der Waals surface area (Å²) in [6, 6.07) is 9.85. The van der Waals surface area contributed by atoms with Crippen molar-refractivity contribution in [3.63, 3.8) is 0 Å². The molecule has 1 aliphatic heterocycles. The molecule has 0 amide bonds. The predicted octanol–water partition coefficient (Wildman–Crippen LogP) is 2.36. The maximum absolute atomic E-state index is 3.38. The molecule has 0 bridgehead atoms. The summed E-state index contributed by atoms with van der Waals surface area (Å²) in [6.07, 6.45) is 2.40. The van der Waals surface area contributed by atoms with Gasteiger partial charge in [-0.1, -0.05) is 31.2 Å². The Morgan fingerprint density at radius 2 is 1.86 bits per heavy atom. The van der Waals surface area contributed by atoms with Crippen LogP contribution in [0.5, 0.6) is 0 Å². The van der Waals surface area contributed by atoms with E-state index < -0.39 is 0 Å². The largest absolute Gasteiger partial charge is 0.317 e. The Balaban J connectivity index is 1.87. The smallest absolute Gasteiger partial charge is 0.0237 e. The van der Waals surface area contributed by atoms with Gasteiger partial charge < -0.3 is 10.2 Å². The number of hydrogen-bond acceptors (Lipinski definition) is 3. The first-order valence-electron chi connectivity index (χ1n) is 8.40. The van der Waals surface area contributed by atoms with E-state index in [1.165, 1.54) is 37.2 Å². The van der Waals surface area contributed by atoms with Crippen LogP contribution in [0.3, 0.4) is 0 Å². The third kappa shape index (κ3) is 5.42. The molecule has 3 heteroatoms. The van der Waals surface area contributed by atoms with Crippen molar-refractivity contribution in [3.8, 4) is 0 Å². The van der Waals surface area contributed by atoms with Crippen molar-refractivity contribution in [1.29, 1.82) is 0 Å². The fraction of sp³-hybridized carbons (Fsp3) is 0.667. The minimum absolute atomic E-state index is 0.644. The molecule has 0 saturated carbocycles. The van der Waals surface area contributed by atoms with E-state index in [1.807, 2.05) is 0 Å². The van der Waals surface area contributed by atoms with Crippen LogP contribution in [0.15, 0.2) is 24.3 Å². The third-order valence-electron chi connectivity index (χ3n) is 4.43. The third-order valence-corrected chi connectivity index (χ3v) is 4.43. The van der Waals surface area contributed by atoms with Crippen molar-refractivity contribution < 1.29 is 0 Å². The number of rotatable bonds is 6. The van der Waals surface area contributed by atoms with Gasteiger partial charge in [-0.25, -0.2) is 0 Å². The second-order valence-electron chi connectivity index (χ2n) is 6.36. The summed E-state index contributed by atoms with van der Waals surface area (Å²) >= 11 is 0. The van der Waals surface area contributed by atoms with Gasteiger partial charge in [-0.15, -0.1) is 0 Å². The van der Waals surface area contributed by atoms with Gasteiger partial charge in [0.05, 0.1) is 0 Å². The van der Waals surface area contributed by atoms with Gasteiger partial charge in [0.1, 0.15) is 0 Å². The molecule has 0 aliphatic carbocycles. The first-order valence-corrected chi connectivity index (χ1v) is 8.40. The lowest BCUT2D eigenvalue weighted by Gasteiger charge is -2.28. The van der Waals surface area contributed by atoms with Crippen molar-refractivity contribution in [2.24, 2.45) is 0 Å². The van der Waals surface area contributed by atoms with Crippen LogP contribution in [0.25, 0.3) is 0 Å². The SMILES string of the molecule is CCNCCc1ccc(CN2CCCN(C)CC2C)cc1. The first-order chi connectivity index (χ1) is 10.2. The molecule has 1 saturated heterocycles. The molecule has 0 spiro atoms. The summed E-state index contributed by atoms with van der Waals surface area (Å²) in [7, 11) is 2.24. The lowest BCUT2D eigenvalue weighted by molar-refractivity contribution is 0.194. The van der Waals surface area contributed by atoms with E-state index in [4.69, 9.17) is 0 Å². The van der Waals surface area contributed by atoms with Crippen LogP contribution in [0.4, 0.5) is 0 Å². The highest BCUT2D eigenvalue weighted by Crippen LogP contribution is 2.14. The molecule has 1 N–H and O–H groups in total. The Kier molecular flexibility index (Phi) is 6.68. The monoisotopic (exact) mass is 289 g/mol. The summed E-state index contributed by atoms with van der Waals surface area (Å²) in [4.78, 5) is 5.08. The Morgan fingerprint density at radius 3 is 2.57 bits per heavy atom. The van der Waals surface area contributed by atoms with Gasteiger partial charge in [0, 0.05) is 25.7 Å². The number of likely N-dealkylation sites (N-methyl/N-ethyl adjacent to an activating group) is 2. The second-order valence-corrected chi connectivity index (χ2v) is 6.36. The molecule has 2 rings (SSSR count). The molecule has 118 valence electrons. The molecule has 1 unspecified atom stereocenters. The fourth-order valence-corrected chi connectivity index (χ4v) is 3.11. The van der Waals surface area contributed by atoms with Crippen LogP contribution >= 0.6 is 0 Å². The summed E-state index contributed by atoms with van der Waals surface area (Å²) in [5.74, 6) is 0. The quantitative estimate of drug-likeness (QED) is 0.811. The van der Waals surface area contributed by atoms with Crippen LogP contribution in [-0.2, 0) is 13.0 Å². The Morgan fingerprint density at radius 1 is 1.14 bits per heavy atom. The number of nitrogens with one attached hydrogen (secondary N) is 1. The van der Waals surface area contributed by atoms with E-state index in [0.29, 0.717) is 6.04 Å². The molecule has 21 heavy (non-hydrogen) atoms. The summed E-state index contributed by atoms with van der Waals surface area (Å²) in [6.45, 7) is 11.3. The molecule has 0 radical (unpaired) electrons. The van der Waals surface area contributed by atoms with E-state index in [9.17, 15) is 0 Å². The molecule has 0 aromatic heterocycles. The van der Waals surface area contributed by atoms with Crippen LogP contribution in [-0.4, -0.2) is 55.6 Å². The number of nitrogens with zero attached hydrogens (tertiary/aromatic N) is 2. The highest BCUT2D eigenvalue weighted by Gasteiger charge is 2.19. The van der Waals surface area contributed by atoms with Crippen molar-refractivity contribution in [3.05, 3.63) is 35.4 Å². The van der Waals surface area contributed by atoms with E-state index >= 15 is 0 Å². The molecule has 1 aromatic rings. The zero-order chi connectivity index (χ0) is 15.1. The lowest BCUT2D eigenvalue weighted by atomic mass is 10.1. The van der Waals surface area contributed by atoms with Crippen molar-refractivity contribution in [1.82, 2.24) is 15.1 Å². The predicted molar refractivity (Wildman–Crippen MR) is 90.7 cm³/mol. The average Bonchev–Trinajstić information content (AvgIpc) is 2.62. The van der Waals surface area contributed by atoms with Gasteiger partial charge in [-0.2, -0.15) is 0 Å². The van der Waals surface area contributed by atoms with Crippen molar-refractivity contribution >= 4 is 0 Å². The summed E-state index contributed by atoms with van der Waals surface area (Å²) in [5, 5.41) is 3.38. The van der Waals surface area contributed by atoms with Crippen LogP contribution in [0, 0.1) is 0 Å². The van der Waals surface area contributed by atoms with Crippen LogP contribution < -0.4 is 5.32 Å². The lowest BCUT2D eigenvalue weighted by Crippen LogP contribution is -2.37. The van der Waals surface area contributed by atoms with Crippen LogP contribution in [0.2, 0.25) is 0 Å². The Bertz CT molecular complexity index is 401. The number of hydrogen-bond donors (Lipinski definition) is 1. The van der Waals surface area contributed by atoms with Gasteiger partial charge in [0.15, 0.2) is 0 Å². The number of benzene rings is 1. The van der Waals surface area contributed by atoms with Crippen molar-refractivity contribution in [2.45, 2.75) is 39.3 Å². The summed E-state index contributed by atoms with van der Waals surface area (Å²) < 4.78 is 0. The average molecular weight is 289 g/mol. The van der Waals surface area contributed by atoms with Gasteiger partial charge in [-0.3, -0.25) is 4.90 Å². The normalized spacial score (nSPS) is 21.4. The fourth-order valence-electron chi connectivity index (χ4n) is 3.11. The molecular formula is C18H31N3. The van der Waals surface area contributed by atoms with E-state index in [-0.39, 0.29) is 0 Å². The highest BCUT2D eigenvalue weighted by molar-refractivity contribution is 5.22. The maximum atomic E-state index is 3.38. The van der Waals surface area contributed by atoms with Gasteiger partial charge in [0.2, 0.25) is 0 Å². The topological polar surface area (TPSA) is 18.5 Å². The van der Waals surface area contributed by atoms with Gasteiger partial charge in [0.25, 0.3) is 0 Å². The highest BCUT2D eigenvalue weighted by atomic mass is 15.2. The van der Waals surface area contributed by atoms with Crippen molar-refractivity contribution in [2.75, 3.05) is 39.8 Å². The van der Waals surface area contributed by atoms with E-state index in [2.05, 4.69) is 60.3 Å². The minimum Gasteiger partial charge on any atom is -0.317 e. The molecule has 3 nitrogen and oxygen atoms in total. The van der Waals surface area contributed by atoms with Gasteiger partial charge >= 0.3 is 0 Å². The molecule has 1 fully saturated rings. The summed E-state index contributed by atoms with van der Waals surface area (Å²) in [5.41, 5.74) is 2.88. The van der Waals surface area contributed by atoms with E-state index in [0.717, 1.165) is 26.1 Å². The molecule has 1 atom stereocenters. The second kappa shape index (κ2) is 8.52. The zero-order valence-corrected chi connectivity index (χ0v) is 13.9. The maximum Gasteiger partial charge on any atom is 0.0237 e. The molecule has 1 heterocycles. The Hall–Kier alpha value is -0.900. The molecular weight excluding hydrogens is 258 g/mol. The zero-order valence-electron chi connectivity index (χ0n) is 13.9.